The second-order valence-electron chi connectivity index (χ2n) is 2.50. The summed E-state index contributed by atoms with van der Waals surface area (Å²) in [4.78, 5) is 22.4. The molecule has 4 nitrogen and oxygen atoms in total. The minimum absolute atomic E-state index is 0.125. The summed E-state index contributed by atoms with van der Waals surface area (Å²) in [6.45, 7) is 1.70. The molecule has 0 radical (unpaired) electrons. The first-order valence-electron chi connectivity index (χ1n) is 3.65. The normalized spacial score (nSPS) is 10.5. The Morgan fingerprint density at radius 1 is 1.46 bits per heavy atom. The summed E-state index contributed by atoms with van der Waals surface area (Å²) in [5.41, 5.74) is -1.59. The van der Waals surface area contributed by atoms with Gasteiger partial charge in [-0.3, -0.25) is 13.9 Å². The number of hydrogen-bond acceptors (Lipinski definition) is 2. The maximum Gasteiger partial charge on any atom is 0.332 e. The third-order valence-corrected chi connectivity index (χ3v) is 2.16. The lowest BCUT2D eigenvalue weighted by Crippen LogP contribution is -2.40. The molecule has 0 spiro atoms. The van der Waals surface area contributed by atoms with Gasteiger partial charge in [-0.2, -0.15) is 4.39 Å². The molecule has 0 atom stereocenters. The molecule has 0 amide bonds. The zero-order valence-electron chi connectivity index (χ0n) is 7.17. The van der Waals surface area contributed by atoms with Gasteiger partial charge in [0.15, 0.2) is 5.15 Å². The van der Waals surface area contributed by atoms with Crippen molar-refractivity contribution in [3.63, 3.8) is 0 Å². The van der Waals surface area contributed by atoms with Crippen LogP contribution in [0.2, 0.25) is 5.15 Å². The highest BCUT2D eigenvalue weighted by Gasteiger charge is 2.13. The van der Waals surface area contributed by atoms with Gasteiger partial charge in [0.05, 0.1) is 0 Å². The summed E-state index contributed by atoms with van der Waals surface area (Å²) in [6, 6.07) is 0. The molecule has 13 heavy (non-hydrogen) atoms. The fourth-order valence-electron chi connectivity index (χ4n) is 0.985. The summed E-state index contributed by atoms with van der Waals surface area (Å²) >= 11 is 5.39. The first-order valence-corrected chi connectivity index (χ1v) is 4.03. The van der Waals surface area contributed by atoms with Crippen molar-refractivity contribution in [2.75, 3.05) is 0 Å². The van der Waals surface area contributed by atoms with Gasteiger partial charge in [0.2, 0.25) is 5.82 Å². The number of hydrogen-bond donors (Lipinski definition) is 0. The van der Waals surface area contributed by atoms with E-state index in [0.717, 1.165) is 9.13 Å². The zero-order chi connectivity index (χ0) is 10.2. The minimum Gasteiger partial charge on any atom is -0.284 e. The molecule has 0 fully saturated rings. The van der Waals surface area contributed by atoms with Crippen LogP contribution in [-0.2, 0) is 13.6 Å². The molecule has 0 saturated carbocycles. The summed E-state index contributed by atoms with van der Waals surface area (Å²) in [5, 5.41) is -0.459. The van der Waals surface area contributed by atoms with Crippen LogP contribution < -0.4 is 11.2 Å². The lowest BCUT2D eigenvalue weighted by atomic mass is 10.5. The highest BCUT2D eigenvalue weighted by molar-refractivity contribution is 6.29. The molecule has 0 saturated heterocycles. The average molecular weight is 207 g/mol. The van der Waals surface area contributed by atoms with Crippen molar-refractivity contribution in [2.45, 2.75) is 13.5 Å². The molecular weight excluding hydrogens is 199 g/mol. The van der Waals surface area contributed by atoms with Crippen molar-refractivity contribution < 1.29 is 4.39 Å². The molecule has 1 rings (SSSR count). The summed E-state index contributed by atoms with van der Waals surface area (Å²) in [5.74, 6) is -1.09. The maximum absolute atomic E-state index is 13.0. The minimum atomic E-state index is -1.09. The van der Waals surface area contributed by atoms with E-state index in [-0.39, 0.29) is 6.54 Å². The van der Waals surface area contributed by atoms with Crippen LogP contribution in [0.3, 0.4) is 0 Å². The van der Waals surface area contributed by atoms with E-state index in [4.69, 9.17) is 11.6 Å². The lowest BCUT2D eigenvalue weighted by Gasteiger charge is -2.06. The highest BCUT2D eigenvalue weighted by Crippen LogP contribution is 2.05. The predicted octanol–water partition coefficient (Wildman–Crippen LogP) is 0.359. The van der Waals surface area contributed by atoms with Crippen molar-refractivity contribution in [3.8, 4) is 0 Å². The second-order valence-corrected chi connectivity index (χ2v) is 2.85. The van der Waals surface area contributed by atoms with E-state index >= 15 is 0 Å². The zero-order valence-corrected chi connectivity index (χ0v) is 7.93. The van der Waals surface area contributed by atoms with Crippen molar-refractivity contribution in [1.29, 1.82) is 0 Å². The van der Waals surface area contributed by atoms with Gasteiger partial charge in [-0.05, 0) is 6.92 Å². The van der Waals surface area contributed by atoms with Crippen LogP contribution in [0.4, 0.5) is 4.39 Å². The van der Waals surface area contributed by atoms with Gasteiger partial charge in [0.1, 0.15) is 0 Å². The average Bonchev–Trinajstić information content (AvgIpc) is 2.13. The quantitative estimate of drug-likeness (QED) is 0.623. The Balaban J connectivity index is 3.78. The third kappa shape index (κ3) is 1.39. The third-order valence-electron chi connectivity index (χ3n) is 1.74. The number of nitrogens with zero attached hydrogens (tertiary/aromatic N) is 2. The van der Waals surface area contributed by atoms with Crippen molar-refractivity contribution in [2.24, 2.45) is 7.05 Å². The van der Waals surface area contributed by atoms with Crippen LogP contribution in [-0.4, -0.2) is 9.13 Å². The van der Waals surface area contributed by atoms with Gasteiger partial charge in [-0.1, -0.05) is 11.6 Å². The molecule has 0 aliphatic heterocycles. The van der Waals surface area contributed by atoms with E-state index in [2.05, 4.69) is 0 Å². The van der Waals surface area contributed by atoms with Crippen molar-refractivity contribution in [3.05, 3.63) is 31.8 Å². The summed E-state index contributed by atoms with van der Waals surface area (Å²) in [7, 11) is 1.30. The molecule has 0 bridgehead atoms. The molecule has 0 unspecified atom stereocenters. The van der Waals surface area contributed by atoms with Crippen LogP contribution >= 0.6 is 11.6 Å². The standard InChI is InChI=1S/C7H8ClFN2O2/c1-3-11-6(12)4(9)5(8)10(2)7(11)13/h3H2,1-2H3. The topological polar surface area (TPSA) is 44.0 Å². The van der Waals surface area contributed by atoms with E-state index in [1.54, 1.807) is 6.92 Å². The molecule has 1 heterocycles. The second kappa shape index (κ2) is 3.33. The molecule has 0 aliphatic carbocycles. The van der Waals surface area contributed by atoms with Crippen molar-refractivity contribution >= 4 is 11.6 Å². The Bertz CT molecular complexity index is 412. The number of aromatic nitrogens is 2. The number of halogens is 2. The summed E-state index contributed by atoms with van der Waals surface area (Å²) in [6.07, 6.45) is 0. The van der Waals surface area contributed by atoms with Gasteiger partial charge in [-0.25, -0.2) is 4.79 Å². The summed E-state index contributed by atoms with van der Waals surface area (Å²) < 4.78 is 14.7. The Hall–Kier alpha value is -1.10. The van der Waals surface area contributed by atoms with Gasteiger partial charge >= 0.3 is 5.69 Å². The van der Waals surface area contributed by atoms with E-state index in [1.807, 2.05) is 0 Å². The molecule has 1 aromatic heterocycles. The van der Waals surface area contributed by atoms with E-state index in [1.165, 1.54) is 7.05 Å². The van der Waals surface area contributed by atoms with E-state index in [9.17, 15) is 14.0 Å². The van der Waals surface area contributed by atoms with Crippen molar-refractivity contribution in [1.82, 2.24) is 9.13 Å². The van der Waals surface area contributed by atoms with E-state index in [0.29, 0.717) is 0 Å². The smallest absolute Gasteiger partial charge is 0.284 e. The molecule has 0 aromatic carbocycles. The molecule has 72 valence electrons. The maximum atomic E-state index is 13.0. The Morgan fingerprint density at radius 3 is 2.46 bits per heavy atom. The van der Waals surface area contributed by atoms with Crippen LogP contribution in [0.5, 0.6) is 0 Å². The van der Waals surface area contributed by atoms with Gasteiger partial charge in [-0.15, -0.1) is 0 Å². The molecule has 0 aliphatic rings. The largest absolute Gasteiger partial charge is 0.332 e. The van der Waals surface area contributed by atoms with Crippen LogP contribution in [0.25, 0.3) is 0 Å². The highest BCUT2D eigenvalue weighted by atomic mass is 35.5. The van der Waals surface area contributed by atoms with Crippen LogP contribution in [0.1, 0.15) is 6.92 Å². The molecular formula is C7H8ClFN2O2. The van der Waals surface area contributed by atoms with E-state index < -0.39 is 22.2 Å². The number of rotatable bonds is 1. The first-order chi connectivity index (χ1) is 6.00. The SMILES string of the molecule is CCn1c(=O)c(F)c(Cl)n(C)c1=O. The molecule has 6 heteroatoms. The van der Waals surface area contributed by atoms with Crippen LogP contribution in [0, 0.1) is 5.82 Å². The van der Waals surface area contributed by atoms with Crippen LogP contribution in [0.15, 0.2) is 9.59 Å². The van der Waals surface area contributed by atoms with Gasteiger partial charge in [0, 0.05) is 13.6 Å². The van der Waals surface area contributed by atoms with Gasteiger partial charge < -0.3 is 0 Å². The Labute approximate surface area is 78.2 Å². The first kappa shape index (κ1) is 9.98. The Kier molecular flexibility index (Phi) is 2.56. The molecule has 0 N–H and O–H groups in total. The Morgan fingerprint density at radius 2 is 2.00 bits per heavy atom. The molecule has 1 aromatic rings. The lowest BCUT2D eigenvalue weighted by molar-refractivity contribution is 0.523. The monoisotopic (exact) mass is 206 g/mol. The van der Waals surface area contributed by atoms with Gasteiger partial charge in [0.25, 0.3) is 5.56 Å². The fourth-order valence-corrected chi connectivity index (χ4v) is 1.14. The predicted molar refractivity (Wildman–Crippen MR) is 46.6 cm³/mol. The fraction of sp³-hybridized carbons (Fsp3) is 0.429.